The highest BCUT2D eigenvalue weighted by Gasteiger charge is 2.09. The summed E-state index contributed by atoms with van der Waals surface area (Å²) in [5.74, 6) is -0.134. The van der Waals surface area contributed by atoms with Gasteiger partial charge < -0.3 is 15.4 Å². The predicted octanol–water partition coefficient (Wildman–Crippen LogP) is 5.27. The van der Waals surface area contributed by atoms with E-state index in [-0.39, 0.29) is 10.9 Å². The molecule has 0 atom stereocenters. The number of hydrogen-bond acceptors (Lipinski definition) is 4. The van der Waals surface area contributed by atoms with E-state index in [0.717, 1.165) is 11.4 Å². The summed E-state index contributed by atoms with van der Waals surface area (Å²) in [6.07, 6.45) is 3.06. The number of nitrogens with zero attached hydrogens (tertiary/aromatic N) is 1. The van der Waals surface area contributed by atoms with E-state index in [0.29, 0.717) is 23.5 Å². The van der Waals surface area contributed by atoms with E-state index < -0.39 is 5.82 Å². The van der Waals surface area contributed by atoms with Crippen LogP contribution in [0, 0.1) is 5.82 Å². The van der Waals surface area contributed by atoms with Crippen molar-refractivity contribution >= 4 is 34.6 Å². The van der Waals surface area contributed by atoms with Gasteiger partial charge in [-0.15, -0.1) is 0 Å². The van der Waals surface area contributed by atoms with E-state index in [2.05, 4.69) is 15.6 Å². The van der Waals surface area contributed by atoms with E-state index >= 15 is 0 Å². The van der Waals surface area contributed by atoms with Crippen LogP contribution in [0.25, 0.3) is 0 Å². The smallest absolute Gasteiger partial charge is 0.257 e. The minimum absolute atomic E-state index is 0.0585. The van der Waals surface area contributed by atoms with Crippen molar-refractivity contribution in [2.24, 2.45) is 0 Å². The quantitative estimate of drug-likeness (QED) is 0.606. The van der Waals surface area contributed by atoms with E-state index in [1.54, 1.807) is 12.3 Å². The molecule has 0 spiro atoms. The van der Waals surface area contributed by atoms with Gasteiger partial charge in [0.15, 0.2) is 0 Å². The van der Waals surface area contributed by atoms with Gasteiger partial charge in [-0.2, -0.15) is 0 Å². The van der Waals surface area contributed by atoms with Gasteiger partial charge in [-0.25, -0.2) is 4.39 Å². The van der Waals surface area contributed by atoms with Crippen LogP contribution in [0.1, 0.15) is 17.3 Å². The zero-order chi connectivity index (χ0) is 19.2. The molecule has 0 radical (unpaired) electrons. The average Bonchev–Trinajstić information content (AvgIpc) is 2.67. The maximum atomic E-state index is 13.2. The first kappa shape index (κ1) is 18.7. The summed E-state index contributed by atoms with van der Waals surface area (Å²) in [5, 5.41) is 5.79. The van der Waals surface area contributed by atoms with Crippen LogP contribution in [0.5, 0.6) is 5.75 Å². The number of nitrogens with one attached hydrogen (secondary N) is 2. The number of carbonyl (C=O) groups excluding carboxylic acids is 1. The number of halogens is 2. The van der Waals surface area contributed by atoms with Crippen molar-refractivity contribution in [2.45, 2.75) is 6.92 Å². The maximum Gasteiger partial charge on any atom is 0.257 e. The van der Waals surface area contributed by atoms with Crippen molar-refractivity contribution < 1.29 is 13.9 Å². The van der Waals surface area contributed by atoms with Crippen LogP contribution in [-0.4, -0.2) is 17.5 Å². The predicted molar refractivity (Wildman–Crippen MR) is 104 cm³/mol. The maximum absolute atomic E-state index is 13.2. The molecule has 1 amide bonds. The molecular weight excluding hydrogens is 369 g/mol. The van der Waals surface area contributed by atoms with Crippen molar-refractivity contribution in [3.05, 3.63) is 77.3 Å². The zero-order valence-corrected chi connectivity index (χ0v) is 15.3. The second-order valence-corrected chi connectivity index (χ2v) is 6.03. The van der Waals surface area contributed by atoms with Crippen molar-refractivity contribution in [1.82, 2.24) is 4.98 Å². The lowest BCUT2D eigenvalue weighted by Crippen LogP contribution is -2.12. The molecule has 7 heteroatoms. The Bertz CT molecular complexity index is 948. The minimum atomic E-state index is -0.544. The summed E-state index contributed by atoms with van der Waals surface area (Å²) in [5.41, 5.74) is 2.25. The molecule has 0 aliphatic carbocycles. The second-order valence-electron chi connectivity index (χ2n) is 5.63. The summed E-state index contributed by atoms with van der Waals surface area (Å²) in [6, 6.07) is 13.1. The molecule has 27 heavy (non-hydrogen) atoms. The highest BCUT2D eigenvalue weighted by molar-refractivity contribution is 6.31. The molecule has 3 aromatic rings. The van der Waals surface area contributed by atoms with Crippen LogP contribution < -0.4 is 15.4 Å². The van der Waals surface area contributed by atoms with Gasteiger partial charge in [-0.05, 0) is 55.5 Å². The van der Waals surface area contributed by atoms with Crippen LogP contribution in [0.4, 0.5) is 21.5 Å². The number of ether oxygens (including phenoxy) is 1. The summed E-state index contributed by atoms with van der Waals surface area (Å²) in [7, 11) is 0. The fourth-order valence-electron chi connectivity index (χ4n) is 2.38. The Balaban J connectivity index is 1.70. The molecule has 2 N–H and O–H groups in total. The molecule has 0 saturated carbocycles. The topological polar surface area (TPSA) is 63.2 Å². The van der Waals surface area contributed by atoms with E-state index in [4.69, 9.17) is 16.3 Å². The van der Waals surface area contributed by atoms with Gasteiger partial charge in [-0.3, -0.25) is 9.78 Å². The van der Waals surface area contributed by atoms with E-state index in [9.17, 15) is 9.18 Å². The van der Waals surface area contributed by atoms with Gasteiger partial charge in [0, 0.05) is 17.6 Å². The summed E-state index contributed by atoms with van der Waals surface area (Å²) in [4.78, 5) is 16.5. The Morgan fingerprint density at radius 1 is 1.07 bits per heavy atom. The standard InChI is InChI=1S/C20H17ClFN3O2/c1-2-27-17-6-3-14(4-7-17)24-16-9-13(11-23-12-16)20(26)25-15-5-8-19(22)18(21)10-15/h3-12,24H,2H2,1H3,(H,25,26). The van der Waals surface area contributed by atoms with Crippen LogP contribution in [0.3, 0.4) is 0 Å². The van der Waals surface area contributed by atoms with Gasteiger partial charge >= 0.3 is 0 Å². The Labute approximate surface area is 161 Å². The summed E-state index contributed by atoms with van der Waals surface area (Å²) in [6.45, 7) is 2.53. The number of hydrogen-bond donors (Lipinski definition) is 2. The van der Waals surface area contributed by atoms with Gasteiger partial charge in [0.1, 0.15) is 11.6 Å². The lowest BCUT2D eigenvalue weighted by atomic mass is 10.2. The largest absolute Gasteiger partial charge is 0.494 e. The monoisotopic (exact) mass is 385 g/mol. The number of rotatable bonds is 6. The first-order chi connectivity index (χ1) is 13.0. The second kappa shape index (κ2) is 8.51. The van der Waals surface area contributed by atoms with Crippen molar-refractivity contribution in [3.63, 3.8) is 0 Å². The molecule has 138 valence electrons. The van der Waals surface area contributed by atoms with Crippen LogP contribution in [0.2, 0.25) is 5.02 Å². The Morgan fingerprint density at radius 2 is 1.81 bits per heavy atom. The molecule has 5 nitrogen and oxygen atoms in total. The van der Waals surface area contributed by atoms with Crippen LogP contribution in [-0.2, 0) is 0 Å². The first-order valence-corrected chi connectivity index (χ1v) is 8.64. The number of pyridine rings is 1. The van der Waals surface area contributed by atoms with Crippen molar-refractivity contribution in [3.8, 4) is 5.75 Å². The lowest BCUT2D eigenvalue weighted by Gasteiger charge is -2.10. The third kappa shape index (κ3) is 4.95. The van der Waals surface area contributed by atoms with Gasteiger partial charge in [0.25, 0.3) is 5.91 Å². The molecule has 0 aliphatic heterocycles. The SMILES string of the molecule is CCOc1ccc(Nc2cncc(C(=O)Nc3ccc(F)c(Cl)c3)c2)cc1. The number of benzene rings is 2. The molecule has 1 aromatic heterocycles. The number of amides is 1. The Kier molecular flexibility index (Phi) is 5.88. The highest BCUT2D eigenvalue weighted by atomic mass is 35.5. The molecule has 3 rings (SSSR count). The van der Waals surface area contributed by atoms with E-state index in [1.165, 1.54) is 24.4 Å². The first-order valence-electron chi connectivity index (χ1n) is 8.26. The van der Waals surface area contributed by atoms with Crippen molar-refractivity contribution in [1.29, 1.82) is 0 Å². The van der Waals surface area contributed by atoms with Gasteiger partial charge in [-0.1, -0.05) is 11.6 Å². The minimum Gasteiger partial charge on any atom is -0.494 e. The fraction of sp³-hybridized carbons (Fsp3) is 0.100. The number of anilines is 3. The van der Waals surface area contributed by atoms with Crippen LogP contribution in [0.15, 0.2) is 60.9 Å². The molecule has 0 saturated heterocycles. The zero-order valence-electron chi connectivity index (χ0n) is 14.5. The third-order valence-electron chi connectivity index (χ3n) is 3.63. The highest BCUT2D eigenvalue weighted by Crippen LogP contribution is 2.22. The Hall–Kier alpha value is -3.12. The number of carbonyl (C=O) groups is 1. The van der Waals surface area contributed by atoms with Crippen LogP contribution >= 0.6 is 11.6 Å². The lowest BCUT2D eigenvalue weighted by molar-refractivity contribution is 0.102. The molecule has 2 aromatic carbocycles. The molecular formula is C20H17ClFN3O2. The third-order valence-corrected chi connectivity index (χ3v) is 3.92. The summed E-state index contributed by atoms with van der Waals surface area (Å²) >= 11 is 5.73. The summed E-state index contributed by atoms with van der Waals surface area (Å²) < 4.78 is 18.6. The fourth-order valence-corrected chi connectivity index (χ4v) is 2.56. The van der Waals surface area contributed by atoms with Gasteiger partial charge in [0.2, 0.25) is 0 Å². The Morgan fingerprint density at radius 3 is 2.52 bits per heavy atom. The van der Waals surface area contributed by atoms with Gasteiger partial charge in [0.05, 0.1) is 29.1 Å². The van der Waals surface area contributed by atoms with Crippen molar-refractivity contribution in [2.75, 3.05) is 17.2 Å². The average molecular weight is 386 g/mol. The molecule has 0 fully saturated rings. The molecule has 1 heterocycles. The molecule has 0 unspecified atom stereocenters. The molecule has 0 aliphatic rings. The normalized spacial score (nSPS) is 10.3. The van der Waals surface area contributed by atoms with E-state index in [1.807, 2.05) is 31.2 Å². The number of aromatic nitrogens is 1. The molecule has 0 bridgehead atoms.